The van der Waals surface area contributed by atoms with Crippen LogP contribution in [0.15, 0.2) is 0 Å². The molecule has 1 heterocycles. The molecule has 19 heavy (non-hydrogen) atoms. The average molecular weight is 267 g/mol. The first kappa shape index (κ1) is 14.3. The molecule has 2 rings (SSSR count). The molecule has 5 heteroatoms. The number of hydrogen-bond donors (Lipinski definition) is 2. The van der Waals surface area contributed by atoms with Gasteiger partial charge in [-0.3, -0.25) is 9.59 Å². The van der Waals surface area contributed by atoms with Gasteiger partial charge in [-0.25, -0.2) is 0 Å². The predicted molar refractivity (Wildman–Crippen MR) is 73.4 cm³/mol. The number of likely N-dealkylation sites (tertiary alicyclic amines) is 1. The van der Waals surface area contributed by atoms with Gasteiger partial charge in [0.25, 0.3) is 0 Å². The Morgan fingerprint density at radius 2 is 1.79 bits per heavy atom. The highest BCUT2D eigenvalue weighted by Crippen LogP contribution is 2.27. The number of piperidine rings is 1. The molecular formula is C14H25N3O2. The molecule has 2 fully saturated rings. The van der Waals surface area contributed by atoms with Crippen molar-refractivity contribution >= 4 is 11.8 Å². The Balaban J connectivity index is 2.08. The summed E-state index contributed by atoms with van der Waals surface area (Å²) in [6.07, 6.45) is 6.76. The highest BCUT2D eigenvalue weighted by molar-refractivity contribution is 5.88. The Hall–Kier alpha value is -1.10. The van der Waals surface area contributed by atoms with Gasteiger partial charge in [-0.1, -0.05) is 12.8 Å². The van der Waals surface area contributed by atoms with Crippen molar-refractivity contribution in [2.45, 2.75) is 57.0 Å². The van der Waals surface area contributed by atoms with Crippen LogP contribution < -0.4 is 11.1 Å². The van der Waals surface area contributed by atoms with E-state index in [-0.39, 0.29) is 29.8 Å². The number of likely N-dealkylation sites (N-methyl/N-ethyl adjacent to an activating group) is 1. The molecule has 1 aliphatic heterocycles. The average Bonchev–Trinajstić information content (AvgIpc) is 2.46. The Bertz CT molecular complexity index is 346. The summed E-state index contributed by atoms with van der Waals surface area (Å²) in [5, 5.41) is 2.67. The van der Waals surface area contributed by atoms with Gasteiger partial charge in [-0.15, -0.1) is 0 Å². The first-order valence-electron chi connectivity index (χ1n) is 7.43. The van der Waals surface area contributed by atoms with Gasteiger partial charge < -0.3 is 16.0 Å². The van der Waals surface area contributed by atoms with Crippen LogP contribution in [-0.4, -0.2) is 42.4 Å². The lowest BCUT2D eigenvalue weighted by molar-refractivity contribution is -0.146. The van der Waals surface area contributed by atoms with Gasteiger partial charge in [-0.05, 0) is 32.1 Å². The minimum absolute atomic E-state index is 0.0338. The van der Waals surface area contributed by atoms with Gasteiger partial charge in [0.05, 0.1) is 5.92 Å². The molecule has 3 unspecified atom stereocenters. The summed E-state index contributed by atoms with van der Waals surface area (Å²) in [4.78, 5) is 26.3. The van der Waals surface area contributed by atoms with Gasteiger partial charge in [0.1, 0.15) is 6.04 Å². The molecule has 0 aromatic rings. The topological polar surface area (TPSA) is 75.4 Å². The fourth-order valence-electron chi connectivity index (χ4n) is 3.31. The van der Waals surface area contributed by atoms with Crippen molar-refractivity contribution in [1.82, 2.24) is 10.2 Å². The third-order valence-corrected chi connectivity index (χ3v) is 4.47. The molecule has 2 amide bonds. The van der Waals surface area contributed by atoms with E-state index in [1.807, 2.05) is 0 Å². The van der Waals surface area contributed by atoms with Crippen molar-refractivity contribution in [2.75, 3.05) is 13.6 Å². The second-order valence-corrected chi connectivity index (χ2v) is 5.71. The van der Waals surface area contributed by atoms with E-state index in [0.29, 0.717) is 6.54 Å². The van der Waals surface area contributed by atoms with E-state index in [0.717, 1.165) is 44.9 Å². The van der Waals surface area contributed by atoms with Gasteiger partial charge in [0.15, 0.2) is 0 Å². The van der Waals surface area contributed by atoms with Crippen LogP contribution in [0, 0.1) is 5.92 Å². The van der Waals surface area contributed by atoms with Crippen molar-refractivity contribution in [3.05, 3.63) is 0 Å². The van der Waals surface area contributed by atoms with Crippen molar-refractivity contribution in [1.29, 1.82) is 0 Å². The molecule has 1 aliphatic carbocycles. The van der Waals surface area contributed by atoms with Crippen molar-refractivity contribution in [3.63, 3.8) is 0 Å². The third-order valence-electron chi connectivity index (χ3n) is 4.47. The Morgan fingerprint density at radius 1 is 1.11 bits per heavy atom. The normalized spacial score (nSPS) is 31.9. The van der Waals surface area contributed by atoms with Crippen LogP contribution in [0.5, 0.6) is 0 Å². The second kappa shape index (κ2) is 6.37. The van der Waals surface area contributed by atoms with E-state index < -0.39 is 0 Å². The second-order valence-electron chi connectivity index (χ2n) is 5.71. The number of nitrogens with two attached hydrogens (primary N) is 1. The molecule has 0 aromatic heterocycles. The summed E-state index contributed by atoms with van der Waals surface area (Å²) in [7, 11) is 1.63. The zero-order valence-corrected chi connectivity index (χ0v) is 11.7. The number of nitrogens with zero attached hydrogens (tertiary/aromatic N) is 1. The molecule has 0 radical (unpaired) electrons. The molecule has 0 bridgehead atoms. The minimum Gasteiger partial charge on any atom is -0.357 e. The third kappa shape index (κ3) is 3.08. The van der Waals surface area contributed by atoms with Crippen LogP contribution >= 0.6 is 0 Å². The highest BCUT2D eigenvalue weighted by atomic mass is 16.2. The van der Waals surface area contributed by atoms with Crippen LogP contribution in [0.2, 0.25) is 0 Å². The molecule has 1 saturated heterocycles. The molecular weight excluding hydrogens is 242 g/mol. The van der Waals surface area contributed by atoms with Crippen molar-refractivity contribution in [3.8, 4) is 0 Å². The maximum absolute atomic E-state index is 12.7. The van der Waals surface area contributed by atoms with Crippen LogP contribution in [0.3, 0.4) is 0 Å². The minimum atomic E-state index is -0.291. The maximum Gasteiger partial charge on any atom is 0.242 e. The Kier molecular flexibility index (Phi) is 4.80. The van der Waals surface area contributed by atoms with Crippen molar-refractivity contribution in [2.24, 2.45) is 11.7 Å². The fourth-order valence-corrected chi connectivity index (χ4v) is 3.31. The standard InChI is InChI=1S/C14H25N3O2/c1-16-13(18)12-8-4-5-9-17(12)14(19)10-6-2-3-7-11(10)15/h10-12H,2-9,15H2,1H3,(H,16,18). The SMILES string of the molecule is CNC(=O)C1CCCCN1C(=O)C1CCCCC1N. The largest absolute Gasteiger partial charge is 0.357 e. The number of amides is 2. The van der Waals surface area contributed by atoms with Gasteiger partial charge >= 0.3 is 0 Å². The summed E-state index contributed by atoms with van der Waals surface area (Å²) >= 11 is 0. The first-order valence-corrected chi connectivity index (χ1v) is 7.43. The van der Waals surface area contributed by atoms with Crippen molar-refractivity contribution < 1.29 is 9.59 Å². The summed E-state index contributed by atoms with van der Waals surface area (Å²) in [6.45, 7) is 0.695. The lowest BCUT2D eigenvalue weighted by Crippen LogP contribution is -2.55. The number of rotatable bonds is 2. The predicted octanol–water partition coefficient (Wildman–Crippen LogP) is 0.631. The molecule has 108 valence electrons. The van der Waals surface area contributed by atoms with Gasteiger partial charge in [-0.2, -0.15) is 0 Å². The molecule has 2 aliphatic rings. The zero-order chi connectivity index (χ0) is 13.8. The summed E-state index contributed by atoms with van der Waals surface area (Å²) < 4.78 is 0. The molecule has 0 aromatic carbocycles. The molecule has 5 nitrogen and oxygen atoms in total. The van der Waals surface area contributed by atoms with E-state index in [9.17, 15) is 9.59 Å². The number of carbonyl (C=O) groups is 2. The van der Waals surface area contributed by atoms with Crippen LogP contribution in [0.1, 0.15) is 44.9 Å². The molecule has 3 atom stereocenters. The van der Waals surface area contributed by atoms with E-state index in [2.05, 4.69) is 5.32 Å². The Labute approximate surface area is 114 Å². The van der Waals surface area contributed by atoms with E-state index in [1.165, 1.54) is 0 Å². The van der Waals surface area contributed by atoms with Gasteiger partial charge in [0.2, 0.25) is 11.8 Å². The quantitative estimate of drug-likeness (QED) is 0.770. The van der Waals surface area contributed by atoms with E-state index in [1.54, 1.807) is 11.9 Å². The van der Waals surface area contributed by atoms with Crippen LogP contribution in [0.25, 0.3) is 0 Å². The smallest absolute Gasteiger partial charge is 0.242 e. The monoisotopic (exact) mass is 267 g/mol. The highest BCUT2D eigenvalue weighted by Gasteiger charge is 2.37. The number of nitrogens with one attached hydrogen (secondary N) is 1. The fraction of sp³-hybridized carbons (Fsp3) is 0.857. The molecule has 0 spiro atoms. The number of hydrogen-bond acceptors (Lipinski definition) is 3. The summed E-state index contributed by atoms with van der Waals surface area (Å²) in [5.41, 5.74) is 6.09. The Morgan fingerprint density at radius 3 is 2.47 bits per heavy atom. The molecule has 1 saturated carbocycles. The molecule has 3 N–H and O–H groups in total. The lowest BCUT2D eigenvalue weighted by Gasteiger charge is -2.39. The van der Waals surface area contributed by atoms with E-state index >= 15 is 0 Å². The van der Waals surface area contributed by atoms with Crippen LogP contribution in [-0.2, 0) is 9.59 Å². The first-order chi connectivity index (χ1) is 9.15. The summed E-state index contributed by atoms with van der Waals surface area (Å²) in [6, 6.07) is -0.325. The zero-order valence-electron chi connectivity index (χ0n) is 11.7. The lowest BCUT2D eigenvalue weighted by atomic mass is 9.83. The van der Waals surface area contributed by atoms with Gasteiger partial charge in [0, 0.05) is 19.6 Å². The number of carbonyl (C=O) groups excluding carboxylic acids is 2. The summed E-state index contributed by atoms with van der Waals surface area (Å²) in [5.74, 6) is -0.0306. The van der Waals surface area contributed by atoms with E-state index in [4.69, 9.17) is 5.73 Å². The van der Waals surface area contributed by atoms with Crippen LogP contribution in [0.4, 0.5) is 0 Å². The maximum atomic E-state index is 12.7.